The summed E-state index contributed by atoms with van der Waals surface area (Å²) in [6.45, 7) is 6.47. The van der Waals surface area contributed by atoms with Gasteiger partial charge in [-0.2, -0.15) is 4.98 Å². The van der Waals surface area contributed by atoms with Gasteiger partial charge in [0.2, 0.25) is 5.95 Å². The quantitative estimate of drug-likeness (QED) is 0.849. The molecule has 1 atom stereocenters. The van der Waals surface area contributed by atoms with Crippen LogP contribution in [0.25, 0.3) is 5.65 Å². The second-order valence-corrected chi connectivity index (χ2v) is 5.39. The Balaban J connectivity index is 2.01. The fourth-order valence-corrected chi connectivity index (χ4v) is 2.13. The van der Waals surface area contributed by atoms with Crippen molar-refractivity contribution in [2.75, 3.05) is 11.9 Å². The number of rotatable bonds is 5. The van der Waals surface area contributed by atoms with Crippen LogP contribution in [0.2, 0.25) is 0 Å². The van der Waals surface area contributed by atoms with E-state index in [-0.39, 0.29) is 0 Å². The van der Waals surface area contributed by atoms with Crippen molar-refractivity contribution in [3.63, 3.8) is 0 Å². The van der Waals surface area contributed by atoms with Gasteiger partial charge in [0.15, 0.2) is 5.65 Å². The van der Waals surface area contributed by atoms with E-state index in [1.807, 2.05) is 31.3 Å². The molecule has 0 bridgehead atoms. The van der Waals surface area contributed by atoms with Crippen molar-refractivity contribution >= 4 is 11.6 Å². The highest BCUT2D eigenvalue weighted by Gasteiger charge is 2.22. The van der Waals surface area contributed by atoms with E-state index in [9.17, 15) is 5.11 Å². The van der Waals surface area contributed by atoms with Crippen LogP contribution in [-0.2, 0) is 0 Å². The molecule has 2 rings (SSSR count). The summed E-state index contributed by atoms with van der Waals surface area (Å²) in [5.74, 6) is 1.00. The summed E-state index contributed by atoms with van der Waals surface area (Å²) < 4.78 is 1.71. The van der Waals surface area contributed by atoms with E-state index in [1.165, 1.54) is 0 Å². The molecule has 0 spiro atoms. The maximum Gasteiger partial charge on any atom is 0.243 e. The van der Waals surface area contributed by atoms with Gasteiger partial charge in [0, 0.05) is 12.7 Å². The van der Waals surface area contributed by atoms with Crippen LogP contribution in [0, 0.1) is 5.92 Å². The first-order chi connectivity index (χ1) is 8.46. The zero-order chi connectivity index (χ0) is 13.2. The molecule has 0 radical (unpaired) electrons. The van der Waals surface area contributed by atoms with Crippen molar-refractivity contribution in [1.82, 2.24) is 14.6 Å². The Bertz CT molecular complexity index is 485. The molecule has 0 aliphatic heterocycles. The minimum atomic E-state index is -0.744. The van der Waals surface area contributed by atoms with Crippen molar-refractivity contribution in [2.24, 2.45) is 5.92 Å². The van der Waals surface area contributed by atoms with E-state index >= 15 is 0 Å². The number of nitrogens with one attached hydrogen (secondary N) is 1. The summed E-state index contributed by atoms with van der Waals surface area (Å²) >= 11 is 0. The third-order valence-electron chi connectivity index (χ3n) is 2.72. The highest BCUT2D eigenvalue weighted by molar-refractivity contribution is 5.42. The number of pyridine rings is 1. The van der Waals surface area contributed by atoms with Gasteiger partial charge in [-0.15, -0.1) is 5.10 Å². The molecule has 0 aliphatic rings. The van der Waals surface area contributed by atoms with Gasteiger partial charge in [-0.3, -0.25) is 0 Å². The number of nitrogens with zero attached hydrogens (tertiary/aromatic N) is 3. The number of aliphatic hydroxyl groups is 1. The third-order valence-corrected chi connectivity index (χ3v) is 2.72. The van der Waals surface area contributed by atoms with Gasteiger partial charge in [0.1, 0.15) is 0 Å². The van der Waals surface area contributed by atoms with Gasteiger partial charge < -0.3 is 10.4 Å². The van der Waals surface area contributed by atoms with Gasteiger partial charge >= 0.3 is 0 Å². The maximum absolute atomic E-state index is 10.2. The van der Waals surface area contributed by atoms with E-state index in [2.05, 4.69) is 29.2 Å². The number of hydrogen-bond acceptors (Lipinski definition) is 4. The minimum Gasteiger partial charge on any atom is -0.388 e. The topological polar surface area (TPSA) is 62.5 Å². The molecule has 2 aromatic heterocycles. The number of fused-ring (bicyclic) bond motifs is 1. The summed E-state index contributed by atoms with van der Waals surface area (Å²) in [5, 5.41) is 17.6. The average molecular weight is 248 g/mol. The molecule has 1 unspecified atom stereocenters. The lowest BCUT2D eigenvalue weighted by atomic mass is 9.94. The van der Waals surface area contributed by atoms with E-state index in [0.717, 1.165) is 12.1 Å². The largest absolute Gasteiger partial charge is 0.388 e. The molecule has 5 nitrogen and oxygen atoms in total. The van der Waals surface area contributed by atoms with Crippen LogP contribution < -0.4 is 5.32 Å². The van der Waals surface area contributed by atoms with Crippen molar-refractivity contribution in [3.8, 4) is 0 Å². The molecule has 0 saturated heterocycles. The van der Waals surface area contributed by atoms with Gasteiger partial charge in [0.05, 0.1) is 5.60 Å². The first-order valence-electron chi connectivity index (χ1n) is 6.24. The SMILES string of the molecule is CC(C)CC(C)(O)CNc1nc2ccccn2n1. The van der Waals surface area contributed by atoms with E-state index in [4.69, 9.17) is 0 Å². The van der Waals surface area contributed by atoms with E-state index in [1.54, 1.807) is 4.52 Å². The number of anilines is 1. The zero-order valence-electron chi connectivity index (χ0n) is 11.1. The molecule has 98 valence electrons. The lowest BCUT2D eigenvalue weighted by molar-refractivity contribution is 0.0514. The Kier molecular flexibility index (Phi) is 3.52. The lowest BCUT2D eigenvalue weighted by Gasteiger charge is -2.25. The summed E-state index contributed by atoms with van der Waals surface area (Å²) in [6.07, 6.45) is 2.59. The van der Waals surface area contributed by atoms with Gasteiger partial charge in [-0.1, -0.05) is 19.9 Å². The van der Waals surface area contributed by atoms with Crippen molar-refractivity contribution in [1.29, 1.82) is 0 Å². The molecule has 2 heterocycles. The van der Waals surface area contributed by atoms with Gasteiger partial charge in [0.25, 0.3) is 0 Å². The Morgan fingerprint density at radius 3 is 2.89 bits per heavy atom. The van der Waals surface area contributed by atoms with Crippen LogP contribution in [0.3, 0.4) is 0 Å². The summed E-state index contributed by atoms with van der Waals surface area (Å²) in [5.41, 5.74) is 0.0505. The molecular formula is C13H20N4O. The molecular weight excluding hydrogens is 228 g/mol. The van der Waals surface area contributed by atoms with Gasteiger partial charge in [-0.25, -0.2) is 4.52 Å². The predicted octanol–water partition coefficient (Wildman–Crippen LogP) is 1.94. The molecule has 2 N–H and O–H groups in total. The Morgan fingerprint density at radius 2 is 2.22 bits per heavy atom. The predicted molar refractivity (Wildman–Crippen MR) is 71.6 cm³/mol. The lowest BCUT2D eigenvalue weighted by Crippen LogP contribution is -2.35. The second kappa shape index (κ2) is 4.94. The summed E-state index contributed by atoms with van der Waals surface area (Å²) in [6, 6.07) is 5.72. The first-order valence-corrected chi connectivity index (χ1v) is 6.24. The van der Waals surface area contributed by atoms with Crippen molar-refractivity contribution in [3.05, 3.63) is 24.4 Å². The average Bonchev–Trinajstić information content (AvgIpc) is 2.67. The summed E-state index contributed by atoms with van der Waals surface area (Å²) in [7, 11) is 0. The minimum absolute atomic E-state index is 0.446. The van der Waals surface area contributed by atoms with Crippen molar-refractivity contribution < 1.29 is 5.11 Å². The van der Waals surface area contributed by atoms with Crippen LogP contribution in [0.5, 0.6) is 0 Å². The monoisotopic (exact) mass is 248 g/mol. The molecule has 0 amide bonds. The van der Waals surface area contributed by atoms with Crippen LogP contribution in [0.4, 0.5) is 5.95 Å². The fourth-order valence-electron chi connectivity index (χ4n) is 2.13. The van der Waals surface area contributed by atoms with E-state index < -0.39 is 5.60 Å². The zero-order valence-corrected chi connectivity index (χ0v) is 11.1. The Morgan fingerprint density at radius 1 is 1.44 bits per heavy atom. The smallest absolute Gasteiger partial charge is 0.243 e. The molecule has 0 saturated carbocycles. The molecule has 0 aliphatic carbocycles. The Hall–Kier alpha value is -1.62. The number of hydrogen-bond donors (Lipinski definition) is 2. The highest BCUT2D eigenvalue weighted by atomic mass is 16.3. The summed E-state index contributed by atoms with van der Waals surface area (Å²) in [4.78, 5) is 4.32. The normalized spacial score (nSPS) is 14.9. The Labute approximate surface area is 107 Å². The van der Waals surface area contributed by atoms with Gasteiger partial charge in [-0.05, 0) is 31.4 Å². The van der Waals surface area contributed by atoms with Crippen LogP contribution >= 0.6 is 0 Å². The molecule has 18 heavy (non-hydrogen) atoms. The standard InChI is InChI=1S/C13H20N4O/c1-10(2)8-13(3,18)9-14-12-15-11-6-4-5-7-17(11)16-12/h4-7,10,18H,8-9H2,1-3H3,(H,14,16). The van der Waals surface area contributed by atoms with Crippen LogP contribution in [0.15, 0.2) is 24.4 Å². The van der Waals surface area contributed by atoms with Crippen LogP contribution in [-0.4, -0.2) is 31.9 Å². The van der Waals surface area contributed by atoms with Crippen molar-refractivity contribution in [2.45, 2.75) is 32.8 Å². The van der Waals surface area contributed by atoms with Crippen LogP contribution in [0.1, 0.15) is 27.2 Å². The first kappa shape index (κ1) is 12.8. The maximum atomic E-state index is 10.2. The third kappa shape index (κ3) is 3.20. The second-order valence-electron chi connectivity index (χ2n) is 5.39. The molecule has 0 fully saturated rings. The highest BCUT2D eigenvalue weighted by Crippen LogP contribution is 2.16. The fraction of sp³-hybridized carbons (Fsp3) is 0.538. The number of aromatic nitrogens is 3. The molecule has 5 heteroatoms. The molecule has 0 aromatic carbocycles. The van der Waals surface area contributed by atoms with E-state index in [0.29, 0.717) is 18.4 Å². The molecule has 2 aromatic rings.